The Morgan fingerprint density at radius 1 is 1.20 bits per heavy atom. The van der Waals surface area contributed by atoms with Gasteiger partial charge >= 0.3 is 0 Å². The van der Waals surface area contributed by atoms with Gasteiger partial charge in [-0.05, 0) is 23.1 Å². The highest BCUT2D eigenvalue weighted by atomic mass is 35.5. The van der Waals surface area contributed by atoms with Gasteiger partial charge in [-0.3, -0.25) is 4.79 Å². The molecule has 0 heterocycles. The van der Waals surface area contributed by atoms with E-state index in [0.717, 1.165) is 11.3 Å². The summed E-state index contributed by atoms with van der Waals surface area (Å²) in [6, 6.07) is 7.63. The predicted molar refractivity (Wildman–Crippen MR) is 78.7 cm³/mol. The monoisotopic (exact) mass is 294 g/mol. The molecule has 1 aromatic carbocycles. The molecule has 0 aliphatic heterocycles. The zero-order valence-electron chi connectivity index (χ0n) is 12.0. The van der Waals surface area contributed by atoms with E-state index in [9.17, 15) is 4.79 Å². The highest BCUT2D eigenvalue weighted by Crippen LogP contribution is 2.38. The van der Waals surface area contributed by atoms with Gasteiger partial charge in [0.15, 0.2) is 5.78 Å². The second-order valence-corrected chi connectivity index (χ2v) is 6.19. The molecular formula is C16H19ClO3. The van der Waals surface area contributed by atoms with Gasteiger partial charge in [0, 0.05) is 12.8 Å². The first kappa shape index (κ1) is 14.9. The topological polar surface area (TPSA) is 35.5 Å². The van der Waals surface area contributed by atoms with Crippen LogP contribution in [-0.4, -0.2) is 12.9 Å². The molecule has 108 valence electrons. The Bertz CT molecular complexity index is 529. The maximum Gasteiger partial charge on any atom is 0.178 e. The highest BCUT2D eigenvalue weighted by molar-refractivity contribution is 6.43. The first-order chi connectivity index (χ1) is 9.41. The lowest BCUT2D eigenvalue weighted by Gasteiger charge is -2.30. The van der Waals surface area contributed by atoms with Gasteiger partial charge in [0.25, 0.3) is 0 Å². The van der Waals surface area contributed by atoms with Gasteiger partial charge in [-0.25, -0.2) is 0 Å². The standard InChI is InChI=1S/C16H19ClO3/c1-16(2)8-13(18)15(17)14(9-16)20-10-11-4-6-12(19-3)7-5-11/h4-7H,8-10H2,1-3H3. The first-order valence-corrected chi connectivity index (χ1v) is 6.97. The fraction of sp³-hybridized carbons (Fsp3) is 0.438. The van der Waals surface area contributed by atoms with E-state index in [4.69, 9.17) is 21.1 Å². The summed E-state index contributed by atoms with van der Waals surface area (Å²) in [5.74, 6) is 1.37. The van der Waals surface area contributed by atoms with E-state index in [1.54, 1.807) is 7.11 Å². The summed E-state index contributed by atoms with van der Waals surface area (Å²) in [5, 5.41) is 0.248. The minimum Gasteiger partial charge on any atom is -0.497 e. The van der Waals surface area contributed by atoms with Crippen molar-refractivity contribution in [3.63, 3.8) is 0 Å². The second-order valence-electron chi connectivity index (χ2n) is 5.81. The molecule has 0 bridgehead atoms. The first-order valence-electron chi connectivity index (χ1n) is 6.59. The molecule has 0 fully saturated rings. The maximum atomic E-state index is 11.8. The lowest BCUT2D eigenvalue weighted by atomic mass is 9.79. The number of carbonyl (C=O) groups excluding carboxylic acids is 1. The molecule has 0 saturated heterocycles. The SMILES string of the molecule is COc1ccc(COC2=C(Cl)C(=O)CC(C)(C)C2)cc1. The molecule has 0 saturated carbocycles. The molecule has 0 atom stereocenters. The van der Waals surface area contributed by atoms with Crippen LogP contribution in [0, 0.1) is 5.41 Å². The lowest BCUT2D eigenvalue weighted by Crippen LogP contribution is -2.25. The summed E-state index contributed by atoms with van der Waals surface area (Å²) < 4.78 is 10.9. The summed E-state index contributed by atoms with van der Waals surface area (Å²) >= 11 is 6.06. The number of rotatable bonds is 4. The van der Waals surface area contributed by atoms with E-state index in [0.29, 0.717) is 25.2 Å². The van der Waals surface area contributed by atoms with Crippen molar-refractivity contribution in [3.05, 3.63) is 40.6 Å². The zero-order chi connectivity index (χ0) is 14.8. The summed E-state index contributed by atoms with van der Waals surface area (Å²) in [6.07, 6.45) is 1.16. The van der Waals surface area contributed by atoms with E-state index in [-0.39, 0.29) is 16.2 Å². The molecule has 0 aromatic heterocycles. The van der Waals surface area contributed by atoms with E-state index in [1.807, 2.05) is 38.1 Å². The highest BCUT2D eigenvalue weighted by Gasteiger charge is 2.33. The number of ether oxygens (including phenoxy) is 2. The number of benzene rings is 1. The third kappa shape index (κ3) is 3.54. The summed E-state index contributed by atoms with van der Waals surface area (Å²) in [6.45, 7) is 4.49. The van der Waals surface area contributed by atoms with Crippen LogP contribution < -0.4 is 4.74 Å². The van der Waals surface area contributed by atoms with Crippen molar-refractivity contribution in [2.45, 2.75) is 33.3 Å². The van der Waals surface area contributed by atoms with Crippen molar-refractivity contribution in [1.82, 2.24) is 0 Å². The molecule has 0 amide bonds. The quantitative estimate of drug-likeness (QED) is 0.840. The van der Waals surface area contributed by atoms with Crippen molar-refractivity contribution in [2.24, 2.45) is 5.41 Å². The Labute approximate surface area is 124 Å². The van der Waals surface area contributed by atoms with Crippen LogP contribution in [0.3, 0.4) is 0 Å². The summed E-state index contributed by atoms with van der Waals surface area (Å²) in [5.41, 5.74) is 0.920. The average molecular weight is 295 g/mol. The number of allylic oxidation sites excluding steroid dienone is 2. The van der Waals surface area contributed by atoms with E-state index in [2.05, 4.69) is 0 Å². The van der Waals surface area contributed by atoms with Crippen molar-refractivity contribution < 1.29 is 14.3 Å². The molecule has 0 spiro atoms. The van der Waals surface area contributed by atoms with Crippen LogP contribution in [0.4, 0.5) is 0 Å². The molecule has 0 radical (unpaired) electrons. The Morgan fingerprint density at radius 2 is 1.85 bits per heavy atom. The Balaban J connectivity index is 2.05. The van der Waals surface area contributed by atoms with E-state index < -0.39 is 0 Å². The van der Waals surface area contributed by atoms with Crippen LogP contribution >= 0.6 is 11.6 Å². The lowest BCUT2D eigenvalue weighted by molar-refractivity contribution is -0.118. The molecule has 2 rings (SSSR count). The van der Waals surface area contributed by atoms with Crippen LogP contribution in [0.25, 0.3) is 0 Å². The van der Waals surface area contributed by atoms with Gasteiger partial charge in [-0.1, -0.05) is 37.6 Å². The third-order valence-electron chi connectivity index (χ3n) is 3.34. The van der Waals surface area contributed by atoms with Crippen molar-refractivity contribution in [2.75, 3.05) is 7.11 Å². The number of ketones is 1. The van der Waals surface area contributed by atoms with Gasteiger partial charge in [0.05, 0.1) is 7.11 Å². The van der Waals surface area contributed by atoms with Crippen LogP contribution in [0.15, 0.2) is 35.1 Å². The van der Waals surface area contributed by atoms with Gasteiger partial charge < -0.3 is 9.47 Å². The van der Waals surface area contributed by atoms with Gasteiger partial charge in [0.1, 0.15) is 23.1 Å². The van der Waals surface area contributed by atoms with E-state index >= 15 is 0 Å². The molecule has 1 aromatic rings. The Kier molecular flexibility index (Phi) is 4.39. The zero-order valence-corrected chi connectivity index (χ0v) is 12.8. The number of carbonyl (C=O) groups is 1. The van der Waals surface area contributed by atoms with Crippen molar-refractivity contribution in [3.8, 4) is 5.75 Å². The van der Waals surface area contributed by atoms with Crippen LogP contribution in [-0.2, 0) is 16.1 Å². The number of hydrogen-bond acceptors (Lipinski definition) is 3. The Hall–Kier alpha value is -1.48. The fourth-order valence-corrected chi connectivity index (χ4v) is 2.44. The summed E-state index contributed by atoms with van der Waals surface area (Å²) in [4.78, 5) is 11.8. The number of Topliss-reactive ketones (excluding diaryl/α,β-unsaturated/α-hetero) is 1. The van der Waals surface area contributed by atoms with Crippen LogP contribution in [0.1, 0.15) is 32.3 Å². The smallest absolute Gasteiger partial charge is 0.178 e. The number of hydrogen-bond donors (Lipinski definition) is 0. The molecule has 3 nitrogen and oxygen atoms in total. The summed E-state index contributed by atoms with van der Waals surface area (Å²) in [7, 11) is 1.63. The van der Waals surface area contributed by atoms with Gasteiger partial charge in [-0.15, -0.1) is 0 Å². The molecule has 1 aliphatic rings. The molecule has 1 aliphatic carbocycles. The fourth-order valence-electron chi connectivity index (χ4n) is 2.25. The van der Waals surface area contributed by atoms with Crippen molar-refractivity contribution >= 4 is 17.4 Å². The van der Waals surface area contributed by atoms with Gasteiger partial charge in [0.2, 0.25) is 0 Å². The Morgan fingerprint density at radius 3 is 2.45 bits per heavy atom. The normalized spacial score (nSPS) is 18.1. The molecule has 0 unspecified atom stereocenters. The maximum absolute atomic E-state index is 11.8. The van der Waals surface area contributed by atoms with Crippen molar-refractivity contribution in [1.29, 1.82) is 0 Å². The number of methoxy groups -OCH3 is 1. The van der Waals surface area contributed by atoms with Crippen LogP contribution in [0.5, 0.6) is 5.75 Å². The van der Waals surface area contributed by atoms with E-state index in [1.165, 1.54) is 0 Å². The molecule has 20 heavy (non-hydrogen) atoms. The number of halogens is 1. The minimum atomic E-state index is -0.0925. The third-order valence-corrected chi connectivity index (χ3v) is 3.76. The molecule has 0 N–H and O–H groups in total. The minimum absolute atomic E-state index is 0.0346. The predicted octanol–water partition coefficient (Wildman–Crippen LogP) is 4.05. The van der Waals surface area contributed by atoms with Gasteiger partial charge in [-0.2, -0.15) is 0 Å². The average Bonchev–Trinajstić information content (AvgIpc) is 2.41. The second kappa shape index (κ2) is 5.88. The largest absolute Gasteiger partial charge is 0.497 e. The van der Waals surface area contributed by atoms with Crippen LogP contribution in [0.2, 0.25) is 0 Å². The molecule has 4 heteroatoms. The molecular weight excluding hydrogens is 276 g/mol.